The van der Waals surface area contributed by atoms with Crippen molar-refractivity contribution in [3.8, 4) is 5.13 Å². The number of carbonyl (C=O) groups excluding carboxylic acids is 2. The van der Waals surface area contributed by atoms with Crippen LogP contribution in [-0.2, 0) is 4.79 Å². The molecule has 2 aromatic heterocycles. The lowest BCUT2D eigenvalue weighted by Gasteiger charge is -2.32. The molecule has 3 aromatic rings. The molecule has 0 spiro atoms. The molecule has 2 N–H and O–H groups in total. The van der Waals surface area contributed by atoms with Crippen LogP contribution in [0, 0.1) is 6.92 Å². The second kappa shape index (κ2) is 6.49. The molecule has 0 radical (unpaired) electrons. The van der Waals surface area contributed by atoms with Gasteiger partial charge in [-0.05, 0) is 37.6 Å². The van der Waals surface area contributed by atoms with Crippen molar-refractivity contribution < 1.29 is 9.59 Å². The van der Waals surface area contributed by atoms with Gasteiger partial charge in [0, 0.05) is 25.0 Å². The van der Waals surface area contributed by atoms with Crippen LogP contribution in [0.15, 0.2) is 48.8 Å². The molecule has 2 atom stereocenters. The van der Waals surface area contributed by atoms with Crippen molar-refractivity contribution in [2.45, 2.75) is 25.4 Å². The molecule has 28 heavy (non-hydrogen) atoms. The summed E-state index contributed by atoms with van der Waals surface area (Å²) in [5.41, 5.74) is 2.54. The lowest BCUT2D eigenvalue weighted by atomic mass is 10.1. The third-order valence-corrected chi connectivity index (χ3v) is 6.40. The van der Waals surface area contributed by atoms with E-state index in [-0.39, 0.29) is 23.9 Å². The molecule has 0 bridgehead atoms. The summed E-state index contributed by atoms with van der Waals surface area (Å²) >= 11 is 1.37. The zero-order valence-corrected chi connectivity index (χ0v) is 16.1. The zero-order valence-electron chi connectivity index (χ0n) is 15.3. The first-order valence-corrected chi connectivity index (χ1v) is 10.00. The molecule has 2 aliphatic rings. The first-order chi connectivity index (χ1) is 13.6. The van der Waals surface area contributed by atoms with E-state index in [2.05, 4.69) is 20.5 Å². The van der Waals surface area contributed by atoms with Gasteiger partial charge in [0.2, 0.25) is 5.91 Å². The maximum absolute atomic E-state index is 12.9. The second-order valence-corrected chi connectivity index (χ2v) is 8.06. The van der Waals surface area contributed by atoms with Crippen molar-refractivity contribution >= 4 is 34.5 Å². The number of anilines is 2. The topological polar surface area (TPSA) is 79.3 Å². The van der Waals surface area contributed by atoms with Gasteiger partial charge in [-0.3, -0.25) is 9.59 Å². The van der Waals surface area contributed by atoms with Crippen LogP contribution in [-0.4, -0.2) is 40.0 Å². The quantitative estimate of drug-likeness (QED) is 0.717. The molecule has 0 unspecified atom stereocenters. The van der Waals surface area contributed by atoms with Crippen LogP contribution in [0.2, 0.25) is 0 Å². The van der Waals surface area contributed by atoms with Crippen LogP contribution in [0.1, 0.15) is 21.8 Å². The van der Waals surface area contributed by atoms with Gasteiger partial charge in [0.05, 0.1) is 17.1 Å². The molecule has 1 saturated heterocycles. The molecule has 8 heteroatoms. The van der Waals surface area contributed by atoms with Crippen LogP contribution < -0.4 is 15.5 Å². The summed E-state index contributed by atoms with van der Waals surface area (Å²) in [5, 5.41) is 6.83. The average Bonchev–Trinajstić information content (AvgIpc) is 3.41. The van der Waals surface area contributed by atoms with E-state index in [1.165, 1.54) is 11.3 Å². The number of carbonyl (C=O) groups is 2. The van der Waals surface area contributed by atoms with E-state index in [0.29, 0.717) is 23.5 Å². The van der Waals surface area contributed by atoms with E-state index < -0.39 is 0 Å². The molecular weight excluding hydrogens is 374 g/mol. The minimum atomic E-state index is -0.252. The highest BCUT2D eigenvalue weighted by atomic mass is 32.1. The van der Waals surface area contributed by atoms with Crippen molar-refractivity contribution in [1.29, 1.82) is 0 Å². The average molecular weight is 393 g/mol. The Bertz CT molecular complexity index is 1060. The number of hydrogen-bond donors (Lipinski definition) is 2. The fourth-order valence-corrected chi connectivity index (χ4v) is 4.85. The van der Waals surface area contributed by atoms with Crippen LogP contribution in [0.3, 0.4) is 0 Å². The second-order valence-electron chi connectivity index (χ2n) is 7.08. The van der Waals surface area contributed by atoms with Crippen molar-refractivity contribution in [1.82, 2.24) is 14.9 Å². The summed E-state index contributed by atoms with van der Waals surface area (Å²) in [6.07, 6.45) is 4.41. The number of fused-ring (bicyclic) bond motifs is 3. The summed E-state index contributed by atoms with van der Waals surface area (Å²) in [7, 11) is 0. The van der Waals surface area contributed by atoms with Crippen LogP contribution >= 0.6 is 11.3 Å². The van der Waals surface area contributed by atoms with Crippen LogP contribution in [0.25, 0.3) is 5.13 Å². The van der Waals surface area contributed by atoms with Gasteiger partial charge in [-0.15, -0.1) is 0 Å². The van der Waals surface area contributed by atoms with E-state index in [4.69, 9.17) is 0 Å². The third kappa shape index (κ3) is 2.77. The number of hydrogen-bond acceptors (Lipinski definition) is 5. The number of para-hydroxylation sites is 2. The Hall–Kier alpha value is -3.13. The molecule has 1 aromatic carbocycles. The summed E-state index contributed by atoms with van der Waals surface area (Å²) in [6.45, 7) is 2.46. The Kier molecular flexibility index (Phi) is 3.94. The van der Waals surface area contributed by atoms with Gasteiger partial charge in [0.25, 0.3) is 5.91 Å². The van der Waals surface area contributed by atoms with Crippen molar-refractivity contribution in [2.75, 3.05) is 16.8 Å². The lowest BCUT2D eigenvalue weighted by Crippen LogP contribution is -2.44. The highest BCUT2D eigenvalue weighted by Crippen LogP contribution is 2.36. The van der Waals surface area contributed by atoms with Gasteiger partial charge in [0.1, 0.15) is 10.9 Å². The van der Waals surface area contributed by atoms with Crippen molar-refractivity contribution in [3.63, 3.8) is 0 Å². The van der Waals surface area contributed by atoms with Gasteiger partial charge in [-0.25, -0.2) is 4.98 Å². The molecule has 142 valence electrons. The predicted octanol–water partition coefficient (Wildman–Crippen LogP) is 2.57. The molecule has 4 heterocycles. The number of thiazole rings is 1. The lowest BCUT2D eigenvalue weighted by molar-refractivity contribution is -0.117. The van der Waals surface area contributed by atoms with Gasteiger partial charge in [0.15, 0.2) is 5.13 Å². The number of aryl methyl sites for hydroxylation is 1. The van der Waals surface area contributed by atoms with E-state index in [0.717, 1.165) is 16.5 Å². The molecular formula is C20H19N5O2S. The number of aromatic nitrogens is 2. The van der Waals surface area contributed by atoms with Crippen LogP contribution in [0.4, 0.5) is 11.4 Å². The molecule has 0 aliphatic carbocycles. The highest BCUT2D eigenvalue weighted by Gasteiger charge is 2.41. The molecule has 5 rings (SSSR count). The number of rotatable bonds is 3. The summed E-state index contributed by atoms with van der Waals surface area (Å²) in [5.74, 6) is -0.147. The number of nitrogens with one attached hydrogen (secondary N) is 2. The fourth-order valence-electron chi connectivity index (χ4n) is 3.92. The monoisotopic (exact) mass is 393 g/mol. The fraction of sp³-hybridized carbons (Fsp3) is 0.250. The minimum absolute atomic E-state index is 0.0145. The molecule has 1 fully saturated rings. The number of amides is 2. The summed E-state index contributed by atoms with van der Waals surface area (Å²) in [6, 6.07) is 11.3. The standard InChI is InChI=1S/C20H19N5O2S/c1-12-17(28-20(21-12)24-8-4-5-9-24)19(27)22-13-10-16-18(26)23-14-6-2-3-7-15(14)25(16)11-13/h2-9,13,16H,10-11H2,1H3,(H,22,27)(H,23,26)/t13-,16+/m1/s1. The SMILES string of the molecule is Cc1nc(-n2cccc2)sc1C(=O)N[C@@H]1C[C@H]2C(=O)Nc3ccccc3N2C1. The predicted molar refractivity (Wildman–Crippen MR) is 108 cm³/mol. The van der Waals surface area contributed by atoms with E-state index in [1.807, 2.05) is 60.3 Å². The molecule has 2 aliphatic heterocycles. The maximum atomic E-state index is 12.9. The molecule has 7 nitrogen and oxygen atoms in total. The smallest absolute Gasteiger partial charge is 0.263 e. The Morgan fingerprint density at radius 1 is 1.25 bits per heavy atom. The number of nitrogens with zero attached hydrogens (tertiary/aromatic N) is 3. The number of benzene rings is 1. The van der Waals surface area contributed by atoms with Crippen molar-refractivity contribution in [2.24, 2.45) is 0 Å². The molecule has 0 saturated carbocycles. The summed E-state index contributed by atoms with van der Waals surface area (Å²) in [4.78, 5) is 32.5. The van der Waals surface area contributed by atoms with Gasteiger partial charge >= 0.3 is 0 Å². The Balaban J connectivity index is 1.34. The minimum Gasteiger partial charge on any atom is -0.356 e. The Morgan fingerprint density at radius 2 is 2.04 bits per heavy atom. The maximum Gasteiger partial charge on any atom is 0.263 e. The van der Waals surface area contributed by atoms with Gasteiger partial charge < -0.3 is 20.1 Å². The largest absolute Gasteiger partial charge is 0.356 e. The van der Waals surface area contributed by atoms with Crippen molar-refractivity contribution in [3.05, 3.63) is 59.4 Å². The zero-order chi connectivity index (χ0) is 19.3. The normalized spacial score (nSPS) is 20.5. The summed E-state index contributed by atoms with van der Waals surface area (Å²) < 4.78 is 1.89. The third-order valence-electron chi connectivity index (χ3n) is 5.23. The Morgan fingerprint density at radius 3 is 2.86 bits per heavy atom. The Labute approximate surface area is 166 Å². The van der Waals surface area contributed by atoms with E-state index in [1.54, 1.807) is 0 Å². The highest BCUT2D eigenvalue weighted by molar-refractivity contribution is 7.16. The first-order valence-electron chi connectivity index (χ1n) is 9.18. The first kappa shape index (κ1) is 17.0. The van der Waals surface area contributed by atoms with Gasteiger partial charge in [-0.1, -0.05) is 23.5 Å². The van der Waals surface area contributed by atoms with E-state index >= 15 is 0 Å². The van der Waals surface area contributed by atoms with Crippen LogP contribution in [0.5, 0.6) is 0 Å². The van der Waals surface area contributed by atoms with Gasteiger partial charge in [-0.2, -0.15) is 0 Å². The molecule has 2 amide bonds. The van der Waals surface area contributed by atoms with E-state index in [9.17, 15) is 9.59 Å².